The number of hydrogen-bond donors (Lipinski definition) is 1. The van der Waals surface area contributed by atoms with Crippen LogP contribution in [-0.2, 0) is 16.1 Å². The van der Waals surface area contributed by atoms with Crippen molar-refractivity contribution < 1.29 is 14.3 Å². The normalized spacial score (nSPS) is 10.1. The third-order valence-electron chi connectivity index (χ3n) is 3.54. The summed E-state index contributed by atoms with van der Waals surface area (Å²) in [5.74, 6) is 0.496. The van der Waals surface area contributed by atoms with Crippen LogP contribution in [0.5, 0.6) is 5.75 Å². The minimum Gasteiger partial charge on any atom is -0.497 e. The van der Waals surface area contributed by atoms with Gasteiger partial charge in [0.15, 0.2) is 0 Å². The molecule has 0 bridgehead atoms. The van der Waals surface area contributed by atoms with Gasteiger partial charge in [-0.05, 0) is 35.9 Å². The Kier molecular flexibility index (Phi) is 6.31. The van der Waals surface area contributed by atoms with Gasteiger partial charge in [0.2, 0.25) is 11.8 Å². The van der Waals surface area contributed by atoms with Crippen molar-refractivity contribution in [3.05, 3.63) is 54.4 Å². The molecule has 0 aliphatic heterocycles. The van der Waals surface area contributed by atoms with Crippen LogP contribution in [0.15, 0.2) is 48.8 Å². The maximum Gasteiger partial charge on any atom is 0.223 e. The highest BCUT2D eigenvalue weighted by atomic mass is 16.5. The number of anilines is 1. The number of nitrogens with one attached hydrogen (secondary N) is 1. The van der Waals surface area contributed by atoms with Crippen LogP contribution in [0, 0.1) is 0 Å². The van der Waals surface area contributed by atoms with Crippen LogP contribution in [0.4, 0.5) is 5.69 Å². The maximum atomic E-state index is 12.0. The summed E-state index contributed by atoms with van der Waals surface area (Å²) in [5, 5.41) is 2.83. The average Bonchev–Trinajstić information content (AvgIpc) is 2.61. The van der Waals surface area contributed by atoms with Gasteiger partial charge in [-0.2, -0.15) is 0 Å². The van der Waals surface area contributed by atoms with E-state index in [1.807, 2.05) is 12.1 Å². The highest BCUT2D eigenvalue weighted by molar-refractivity contribution is 5.92. The molecule has 126 valence electrons. The first-order chi connectivity index (χ1) is 11.6. The highest BCUT2D eigenvalue weighted by Crippen LogP contribution is 2.19. The van der Waals surface area contributed by atoms with Crippen LogP contribution in [0.1, 0.15) is 18.9 Å². The predicted molar refractivity (Wildman–Crippen MR) is 91.7 cm³/mol. The zero-order chi connectivity index (χ0) is 17.4. The van der Waals surface area contributed by atoms with Crippen molar-refractivity contribution in [2.75, 3.05) is 18.6 Å². The Morgan fingerprint density at radius 2 is 1.96 bits per heavy atom. The van der Waals surface area contributed by atoms with Crippen LogP contribution >= 0.6 is 0 Å². The number of ether oxygens (including phenoxy) is 1. The van der Waals surface area contributed by atoms with Gasteiger partial charge in [-0.25, -0.2) is 0 Å². The van der Waals surface area contributed by atoms with Gasteiger partial charge in [-0.1, -0.05) is 6.07 Å². The van der Waals surface area contributed by atoms with Crippen molar-refractivity contribution in [2.24, 2.45) is 0 Å². The number of pyridine rings is 1. The molecule has 6 nitrogen and oxygen atoms in total. The standard InChI is InChI=1S/C18H21N3O3/c1-14(22)21(16-5-7-17(24-2)8-6-16)11-9-18(23)20-13-15-4-3-10-19-12-15/h3-8,10,12H,9,11,13H2,1-2H3,(H,20,23). The van der Waals surface area contributed by atoms with Gasteiger partial charge in [-0.15, -0.1) is 0 Å². The van der Waals surface area contributed by atoms with Crippen molar-refractivity contribution in [2.45, 2.75) is 19.9 Å². The van der Waals surface area contributed by atoms with Crippen molar-refractivity contribution in [3.63, 3.8) is 0 Å². The van der Waals surface area contributed by atoms with Gasteiger partial charge in [-0.3, -0.25) is 14.6 Å². The molecule has 6 heteroatoms. The molecule has 0 saturated heterocycles. The Balaban J connectivity index is 1.88. The first kappa shape index (κ1) is 17.5. The largest absolute Gasteiger partial charge is 0.497 e. The number of nitrogens with zero attached hydrogens (tertiary/aromatic N) is 2. The number of carbonyl (C=O) groups is 2. The third kappa shape index (κ3) is 5.08. The predicted octanol–water partition coefficient (Wildman–Crippen LogP) is 2.15. The Morgan fingerprint density at radius 3 is 2.54 bits per heavy atom. The lowest BCUT2D eigenvalue weighted by Crippen LogP contribution is -2.33. The molecular weight excluding hydrogens is 306 g/mol. The molecule has 1 aromatic heterocycles. The van der Waals surface area contributed by atoms with E-state index >= 15 is 0 Å². The van der Waals surface area contributed by atoms with E-state index in [1.165, 1.54) is 6.92 Å². The summed E-state index contributed by atoms with van der Waals surface area (Å²) >= 11 is 0. The summed E-state index contributed by atoms with van der Waals surface area (Å²) in [6, 6.07) is 10.9. The van der Waals surface area contributed by atoms with Gasteiger partial charge in [0.1, 0.15) is 5.75 Å². The number of carbonyl (C=O) groups excluding carboxylic acids is 2. The van der Waals surface area contributed by atoms with Gasteiger partial charge in [0, 0.05) is 44.5 Å². The molecule has 2 amide bonds. The summed E-state index contributed by atoms with van der Waals surface area (Å²) < 4.78 is 5.11. The molecule has 0 atom stereocenters. The number of aromatic nitrogens is 1. The molecule has 0 saturated carbocycles. The second kappa shape index (κ2) is 8.67. The molecule has 0 aliphatic carbocycles. The zero-order valence-corrected chi connectivity index (χ0v) is 13.9. The van der Waals surface area contributed by atoms with Crippen LogP contribution in [0.2, 0.25) is 0 Å². The quantitative estimate of drug-likeness (QED) is 0.846. The molecule has 2 rings (SSSR count). The molecule has 1 aromatic carbocycles. The first-order valence-corrected chi connectivity index (χ1v) is 7.68. The Bertz CT molecular complexity index is 672. The van der Waals surface area contributed by atoms with Crippen molar-refractivity contribution >= 4 is 17.5 Å². The van der Waals surface area contributed by atoms with Crippen LogP contribution in [0.3, 0.4) is 0 Å². The Labute approximate surface area is 141 Å². The molecule has 1 N–H and O–H groups in total. The maximum absolute atomic E-state index is 12.0. The van der Waals surface area contributed by atoms with Crippen LogP contribution in [0.25, 0.3) is 0 Å². The lowest BCUT2D eigenvalue weighted by Gasteiger charge is -2.21. The van der Waals surface area contributed by atoms with E-state index in [-0.39, 0.29) is 18.2 Å². The average molecular weight is 327 g/mol. The minimum absolute atomic E-state index is 0.111. The highest BCUT2D eigenvalue weighted by Gasteiger charge is 2.13. The lowest BCUT2D eigenvalue weighted by molar-refractivity contribution is -0.121. The van der Waals surface area contributed by atoms with Gasteiger partial charge >= 0.3 is 0 Å². The third-order valence-corrected chi connectivity index (χ3v) is 3.54. The number of benzene rings is 1. The molecule has 0 unspecified atom stereocenters. The molecule has 1 heterocycles. The summed E-state index contributed by atoms with van der Waals surface area (Å²) in [5.41, 5.74) is 1.67. The van der Waals surface area contributed by atoms with Crippen molar-refractivity contribution in [1.82, 2.24) is 10.3 Å². The van der Waals surface area contributed by atoms with E-state index in [4.69, 9.17) is 4.74 Å². The van der Waals surface area contributed by atoms with E-state index < -0.39 is 0 Å². The number of rotatable bonds is 7. The second-order valence-corrected chi connectivity index (χ2v) is 5.26. The molecule has 0 aliphatic rings. The summed E-state index contributed by atoms with van der Waals surface area (Å²) in [6.45, 7) is 2.23. The van der Waals surface area contributed by atoms with E-state index in [0.717, 1.165) is 17.0 Å². The lowest BCUT2D eigenvalue weighted by atomic mass is 10.2. The smallest absolute Gasteiger partial charge is 0.223 e. The molecular formula is C18H21N3O3. The van der Waals surface area contributed by atoms with Gasteiger partial charge < -0.3 is 15.0 Å². The Hall–Kier alpha value is -2.89. The van der Waals surface area contributed by atoms with Gasteiger partial charge in [0.25, 0.3) is 0 Å². The van der Waals surface area contributed by atoms with E-state index in [1.54, 1.807) is 48.7 Å². The second-order valence-electron chi connectivity index (χ2n) is 5.26. The van der Waals surface area contributed by atoms with Crippen LogP contribution in [-0.4, -0.2) is 30.5 Å². The first-order valence-electron chi connectivity index (χ1n) is 7.68. The number of hydrogen-bond acceptors (Lipinski definition) is 4. The molecule has 2 aromatic rings. The van der Waals surface area contributed by atoms with Crippen molar-refractivity contribution in [1.29, 1.82) is 0 Å². The topological polar surface area (TPSA) is 71.5 Å². The Morgan fingerprint density at radius 1 is 1.21 bits per heavy atom. The monoisotopic (exact) mass is 327 g/mol. The molecule has 24 heavy (non-hydrogen) atoms. The molecule has 0 fully saturated rings. The fourth-order valence-corrected chi connectivity index (χ4v) is 2.24. The zero-order valence-electron chi connectivity index (χ0n) is 13.9. The van der Waals surface area contributed by atoms with Gasteiger partial charge in [0.05, 0.1) is 7.11 Å². The minimum atomic E-state index is -0.112. The molecule has 0 spiro atoms. The molecule has 0 radical (unpaired) electrons. The number of amides is 2. The summed E-state index contributed by atoms with van der Waals surface area (Å²) in [4.78, 5) is 29.4. The summed E-state index contributed by atoms with van der Waals surface area (Å²) in [6.07, 6.45) is 3.62. The van der Waals surface area contributed by atoms with Crippen molar-refractivity contribution in [3.8, 4) is 5.75 Å². The fraction of sp³-hybridized carbons (Fsp3) is 0.278. The van der Waals surface area contributed by atoms with E-state index in [0.29, 0.717) is 13.1 Å². The van der Waals surface area contributed by atoms with E-state index in [9.17, 15) is 9.59 Å². The SMILES string of the molecule is COc1ccc(N(CCC(=O)NCc2cccnc2)C(C)=O)cc1. The fourth-order valence-electron chi connectivity index (χ4n) is 2.24. The summed E-state index contributed by atoms with van der Waals surface area (Å²) in [7, 11) is 1.59. The van der Waals surface area contributed by atoms with E-state index in [2.05, 4.69) is 10.3 Å². The number of methoxy groups -OCH3 is 1. The van der Waals surface area contributed by atoms with Crippen LogP contribution < -0.4 is 15.0 Å².